The van der Waals surface area contributed by atoms with E-state index in [2.05, 4.69) is 237 Å². The highest BCUT2D eigenvalue weighted by Gasteiger charge is 2.47. The molecule has 10 aromatic carbocycles. The van der Waals surface area contributed by atoms with Crippen LogP contribution in [0.2, 0.25) is 0 Å². The fraction of sp³-hybridized carbons (Fsp3) is 0.0161. The van der Waals surface area contributed by atoms with Crippen LogP contribution in [0.1, 0.15) is 22.3 Å². The molecule has 0 unspecified atom stereocenters. The van der Waals surface area contributed by atoms with Crippen molar-refractivity contribution >= 4 is 42.3 Å². The van der Waals surface area contributed by atoms with Gasteiger partial charge in [-0.25, -0.2) is 15.0 Å². The highest BCUT2D eigenvalue weighted by molar-refractivity contribution is 7.26. The molecule has 12 aromatic rings. The largest absolute Gasteiger partial charge is 0.208 e. The number of aromatic nitrogens is 3. The maximum atomic E-state index is 5.45. The molecule has 0 spiro atoms. The van der Waals surface area contributed by atoms with Gasteiger partial charge in [-0.3, -0.25) is 0 Å². The lowest BCUT2D eigenvalue weighted by Gasteiger charge is -2.33. The van der Waals surface area contributed by atoms with Gasteiger partial charge in [-0.1, -0.05) is 224 Å². The van der Waals surface area contributed by atoms with E-state index < -0.39 is 5.41 Å². The Labute approximate surface area is 387 Å². The first-order valence-electron chi connectivity index (χ1n) is 22.4. The second kappa shape index (κ2) is 15.4. The zero-order chi connectivity index (χ0) is 43.6. The van der Waals surface area contributed by atoms with Gasteiger partial charge in [-0.15, -0.1) is 11.3 Å². The minimum Gasteiger partial charge on any atom is -0.208 e. The van der Waals surface area contributed by atoms with E-state index in [0.717, 1.165) is 33.4 Å². The summed E-state index contributed by atoms with van der Waals surface area (Å²) in [5.41, 5.74) is 14.1. The van der Waals surface area contributed by atoms with Crippen LogP contribution in [0, 0.1) is 0 Å². The van der Waals surface area contributed by atoms with Crippen LogP contribution in [-0.2, 0) is 5.41 Å². The van der Waals surface area contributed by atoms with Gasteiger partial charge in [0.15, 0.2) is 17.5 Å². The van der Waals surface area contributed by atoms with Crippen LogP contribution in [-0.4, -0.2) is 15.0 Å². The second-order valence-corrected chi connectivity index (χ2v) is 18.1. The summed E-state index contributed by atoms with van der Waals surface area (Å²) in [6.07, 6.45) is 0. The van der Waals surface area contributed by atoms with Crippen molar-refractivity contribution in [1.82, 2.24) is 15.0 Å². The first-order chi connectivity index (χ1) is 32.7. The van der Waals surface area contributed by atoms with Gasteiger partial charge < -0.3 is 0 Å². The van der Waals surface area contributed by atoms with Crippen LogP contribution in [0.15, 0.2) is 237 Å². The molecule has 0 atom stereocenters. The summed E-state index contributed by atoms with van der Waals surface area (Å²) in [7, 11) is 0. The Morgan fingerprint density at radius 1 is 0.318 bits per heavy atom. The molecule has 308 valence electrons. The molecule has 13 rings (SSSR count). The van der Waals surface area contributed by atoms with Crippen LogP contribution in [0.4, 0.5) is 0 Å². The molecule has 2 heterocycles. The number of nitrogens with zero attached hydrogens (tertiary/aromatic N) is 3. The van der Waals surface area contributed by atoms with E-state index in [1.807, 2.05) is 11.3 Å². The lowest BCUT2D eigenvalue weighted by Crippen LogP contribution is -2.28. The van der Waals surface area contributed by atoms with E-state index in [9.17, 15) is 0 Å². The average molecular weight is 858 g/mol. The third-order valence-electron chi connectivity index (χ3n) is 13.4. The van der Waals surface area contributed by atoms with Crippen LogP contribution in [0.3, 0.4) is 0 Å². The first-order valence-corrected chi connectivity index (χ1v) is 23.2. The molecule has 0 saturated heterocycles. The van der Waals surface area contributed by atoms with Crippen molar-refractivity contribution in [2.24, 2.45) is 0 Å². The fourth-order valence-corrected chi connectivity index (χ4v) is 11.7. The van der Waals surface area contributed by atoms with E-state index >= 15 is 0 Å². The molecule has 0 radical (unpaired) electrons. The van der Waals surface area contributed by atoms with Gasteiger partial charge in [0.25, 0.3) is 0 Å². The zero-order valence-corrected chi connectivity index (χ0v) is 36.6. The number of rotatable bonds is 7. The smallest absolute Gasteiger partial charge is 0.164 e. The van der Waals surface area contributed by atoms with Crippen LogP contribution >= 0.6 is 11.3 Å². The molecule has 3 nitrogen and oxygen atoms in total. The Morgan fingerprint density at radius 3 is 1.67 bits per heavy atom. The number of hydrogen-bond acceptors (Lipinski definition) is 4. The predicted molar refractivity (Wildman–Crippen MR) is 275 cm³/mol. The molecular formula is C62H39N3S. The maximum Gasteiger partial charge on any atom is 0.164 e. The van der Waals surface area contributed by atoms with E-state index in [4.69, 9.17) is 15.0 Å². The Hall–Kier alpha value is -8.31. The highest BCUT2D eigenvalue weighted by Crippen LogP contribution is 2.58. The summed E-state index contributed by atoms with van der Waals surface area (Å²) in [5.74, 6) is 1.88. The SMILES string of the molecule is c1ccc(C2(c3ccccc3)c3ccccc3-c3c(-c4nc(-c5ccc(-c6cccc7ccccc67)cc5)nc(-c5cccc(-c6cccc7c6sc6ccccc67)c5)n4)cccc32)cc1. The molecule has 0 fully saturated rings. The Morgan fingerprint density at radius 2 is 0.848 bits per heavy atom. The molecule has 1 aliphatic carbocycles. The van der Waals surface area contributed by atoms with Crippen LogP contribution in [0.25, 0.3) is 98.5 Å². The fourth-order valence-electron chi connectivity index (χ4n) is 10.5. The van der Waals surface area contributed by atoms with Crippen LogP contribution in [0.5, 0.6) is 0 Å². The molecule has 0 N–H and O–H groups in total. The number of thiophene rings is 1. The average Bonchev–Trinajstić information content (AvgIpc) is 3.93. The van der Waals surface area contributed by atoms with Gasteiger partial charge in [0.1, 0.15) is 0 Å². The summed E-state index contributed by atoms with van der Waals surface area (Å²) < 4.78 is 2.56. The minimum atomic E-state index is -0.553. The van der Waals surface area contributed by atoms with Crippen molar-refractivity contribution in [2.45, 2.75) is 5.41 Å². The molecule has 0 aliphatic heterocycles. The van der Waals surface area contributed by atoms with Gasteiger partial charge in [0.05, 0.1) is 5.41 Å². The normalized spacial score (nSPS) is 12.7. The number of benzene rings is 10. The summed E-state index contributed by atoms with van der Waals surface area (Å²) in [6.45, 7) is 0. The molecule has 4 heteroatoms. The Kier molecular flexibility index (Phi) is 8.93. The molecule has 0 amide bonds. The monoisotopic (exact) mass is 857 g/mol. The first kappa shape index (κ1) is 38.2. The Balaban J connectivity index is 1.02. The second-order valence-electron chi connectivity index (χ2n) is 17.0. The van der Waals surface area contributed by atoms with Gasteiger partial charge in [-0.05, 0) is 78.5 Å². The van der Waals surface area contributed by atoms with Gasteiger partial charge in [0, 0.05) is 36.9 Å². The lowest BCUT2D eigenvalue weighted by molar-refractivity contribution is 0.768. The van der Waals surface area contributed by atoms with Crippen molar-refractivity contribution in [3.05, 3.63) is 259 Å². The maximum absolute atomic E-state index is 5.45. The van der Waals surface area contributed by atoms with Crippen LogP contribution < -0.4 is 0 Å². The quantitative estimate of drug-likeness (QED) is 0.160. The summed E-state index contributed by atoms with van der Waals surface area (Å²) in [6, 6.07) is 85.1. The summed E-state index contributed by atoms with van der Waals surface area (Å²) in [5, 5.41) is 5.01. The number of fused-ring (bicyclic) bond motifs is 7. The van der Waals surface area contributed by atoms with Crippen molar-refractivity contribution in [3.63, 3.8) is 0 Å². The standard InChI is InChI=1S/C62H39N3S/c1-3-21-45(22-4-1)62(46-23-5-2-6-24-46)54-32-11-9-27-52(54)57-53(31-16-33-55(57)62)61-64-59(42-37-35-41(36-38-42)48-28-14-18-40-17-7-8-25-47(40)48)63-60(65-61)44-20-13-19-43(39-44)49-29-15-30-51-50-26-10-12-34-56(50)66-58(49)51/h1-39H. The van der Waals surface area contributed by atoms with Crippen molar-refractivity contribution in [1.29, 1.82) is 0 Å². The highest BCUT2D eigenvalue weighted by atomic mass is 32.1. The lowest BCUT2D eigenvalue weighted by atomic mass is 9.67. The minimum absolute atomic E-state index is 0.553. The van der Waals surface area contributed by atoms with Gasteiger partial charge in [-0.2, -0.15) is 0 Å². The molecule has 0 bridgehead atoms. The van der Waals surface area contributed by atoms with E-state index in [0.29, 0.717) is 17.5 Å². The molecule has 0 saturated carbocycles. The van der Waals surface area contributed by atoms with E-state index in [-0.39, 0.29) is 0 Å². The molecule has 1 aliphatic rings. The van der Waals surface area contributed by atoms with Gasteiger partial charge in [0.2, 0.25) is 0 Å². The van der Waals surface area contributed by atoms with Crippen molar-refractivity contribution in [2.75, 3.05) is 0 Å². The molecule has 2 aromatic heterocycles. The number of hydrogen-bond donors (Lipinski definition) is 0. The van der Waals surface area contributed by atoms with E-state index in [1.54, 1.807) is 0 Å². The van der Waals surface area contributed by atoms with Gasteiger partial charge >= 0.3 is 0 Å². The molecule has 66 heavy (non-hydrogen) atoms. The third kappa shape index (κ3) is 5.99. The van der Waals surface area contributed by atoms with Crippen molar-refractivity contribution in [3.8, 4) is 67.5 Å². The third-order valence-corrected chi connectivity index (χ3v) is 14.7. The Bertz CT molecular complexity index is 3770. The topological polar surface area (TPSA) is 38.7 Å². The summed E-state index contributed by atoms with van der Waals surface area (Å²) >= 11 is 1.85. The van der Waals surface area contributed by atoms with Crippen molar-refractivity contribution < 1.29 is 0 Å². The summed E-state index contributed by atoms with van der Waals surface area (Å²) in [4.78, 5) is 16.2. The predicted octanol–water partition coefficient (Wildman–Crippen LogP) is 16.1. The molecular weight excluding hydrogens is 819 g/mol. The van der Waals surface area contributed by atoms with E-state index in [1.165, 1.54) is 69.9 Å². The zero-order valence-electron chi connectivity index (χ0n) is 35.8.